The van der Waals surface area contributed by atoms with E-state index in [4.69, 9.17) is 0 Å². The third-order valence-electron chi connectivity index (χ3n) is 5.60. The average molecular weight is 381 g/mol. The number of hydrogen-bond acceptors (Lipinski definition) is 6. The molecule has 1 saturated carbocycles. The van der Waals surface area contributed by atoms with Crippen LogP contribution in [0.15, 0.2) is 12.2 Å². The quantitative estimate of drug-likeness (QED) is 0.378. The van der Waals surface area contributed by atoms with Crippen LogP contribution in [0.4, 0.5) is 0 Å². The van der Waals surface area contributed by atoms with Crippen molar-refractivity contribution in [2.75, 3.05) is 19.6 Å². The second kappa shape index (κ2) is 10.4. The number of allylic oxidation sites excluding steroid dienone is 1. The molecule has 3 atom stereocenters. The zero-order valence-corrected chi connectivity index (χ0v) is 15.5. The molecule has 2 aliphatic rings. The van der Waals surface area contributed by atoms with Gasteiger partial charge in [-0.3, -0.25) is 4.79 Å². The molecule has 2 fully saturated rings. The van der Waals surface area contributed by atoms with E-state index in [2.05, 4.69) is 5.32 Å². The number of carboxylic acid groups (broad SMARTS) is 2. The molecule has 1 aliphatic carbocycles. The van der Waals surface area contributed by atoms with Gasteiger partial charge in [0, 0.05) is 12.3 Å². The Balaban J connectivity index is 1.78. The maximum Gasteiger partial charge on any atom is 0.244 e. The number of aliphatic carboxylic acids is 2. The number of aliphatic hydroxyl groups is 1. The Morgan fingerprint density at radius 1 is 1.15 bits per heavy atom. The number of quaternary nitrogens is 1. The molecular formula is C19H29N2O6-. The summed E-state index contributed by atoms with van der Waals surface area (Å²) in [6.07, 6.45) is 7.45. The number of likely N-dealkylation sites (tertiary alicyclic amines) is 1. The van der Waals surface area contributed by atoms with Crippen LogP contribution in [0, 0.1) is 11.8 Å². The van der Waals surface area contributed by atoms with E-state index in [0.29, 0.717) is 32.4 Å². The number of carbonyl (C=O) groups excluding carboxylic acids is 3. The number of amides is 1. The third-order valence-corrected chi connectivity index (χ3v) is 5.60. The van der Waals surface area contributed by atoms with Crippen LogP contribution in [-0.2, 0) is 14.4 Å². The summed E-state index contributed by atoms with van der Waals surface area (Å²) in [5.41, 5.74) is 0. The minimum Gasteiger partial charge on any atom is -0.550 e. The minimum absolute atomic E-state index is 0.187. The van der Waals surface area contributed by atoms with E-state index in [0.717, 1.165) is 30.7 Å². The molecule has 2 unspecified atom stereocenters. The lowest BCUT2D eigenvalue weighted by Gasteiger charge is -2.31. The minimum atomic E-state index is -1.34. The highest BCUT2D eigenvalue weighted by atomic mass is 16.4. The van der Waals surface area contributed by atoms with Crippen LogP contribution in [0.5, 0.6) is 0 Å². The van der Waals surface area contributed by atoms with Crippen molar-refractivity contribution in [3.63, 3.8) is 0 Å². The lowest BCUT2D eigenvalue weighted by atomic mass is 9.87. The monoisotopic (exact) mass is 381 g/mol. The Hall–Kier alpha value is -1.93. The molecule has 0 radical (unpaired) electrons. The first kappa shape index (κ1) is 21.4. The zero-order valence-electron chi connectivity index (χ0n) is 15.5. The molecule has 3 N–H and O–H groups in total. The number of carbonyl (C=O) groups is 3. The molecule has 152 valence electrons. The van der Waals surface area contributed by atoms with Gasteiger partial charge < -0.3 is 35.1 Å². The maximum absolute atomic E-state index is 12.0. The van der Waals surface area contributed by atoms with E-state index in [-0.39, 0.29) is 18.4 Å². The molecule has 0 aromatic rings. The Kier molecular flexibility index (Phi) is 8.24. The first-order chi connectivity index (χ1) is 12.8. The molecule has 0 aromatic heterocycles. The van der Waals surface area contributed by atoms with Gasteiger partial charge >= 0.3 is 0 Å². The predicted molar refractivity (Wildman–Crippen MR) is 92.0 cm³/mol. The summed E-state index contributed by atoms with van der Waals surface area (Å²) in [5.74, 6) is -3.15. The van der Waals surface area contributed by atoms with Gasteiger partial charge in [0.25, 0.3) is 0 Å². The van der Waals surface area contributed by atoms with Crippen molar-refractivity contribution in [3.05, 3.63) is 12.2 Å². The Morgan fingerprint density at radius 3 is 2.48 bits per heavy atom. The molecule has 27 heavy (non-hydrogen) atoms. The summed E-state index contributed by atoms with van der Waals surface area (Å²) in [4.78, 5) is 35.4. The number of hydrogen-bond donors (Lipinski definition) is 3. The molecule has 8 nitrogen and oxygen atoms in total. The molecule has 8 heteroatoms. The lowest BCUT2D eigenvalue weighted by Crippen LogP contribution is -3.14. The second-order valence-corrected chi connectivity index (χ2v) is 7.71. The topological polar surface area (TPSA) is 134 Å². The lowest BCUT2D eigenvalue weighted by molar-refractivity contribution is -0.908. The second-order valence-electron chi connectivity index (χ2n) is 7.71. The SMILES string of the molecule is O=C(C=CC1CCC(O)CC1)N[C@@H](CC[NH+]1CCCC(C(=O)[O-])C1)C(=O)[O-]. The predicted octanol–water partition coefficient (Wildman–Crippen LogP) is -3.24. The highest BCUT2D eigenvalue weighted by Crippen LogP contribution is 2.24. The molecule has 1 aliphatic heterocycles. The average Bonchev–Trinajstić information content (AvgIpc) is 2.64. The van der Waals surface area contributed by atoms with Gasteiger partial charge in [-0.05, 0) is 50.5 Å². The van der Waals surface area contributed by atoms with Crippen LogP contribution in [0.3, 0.4) is 0 Å². The fourth-order valence-electron chi connectivity index (χ4n) is 3.91. The standard InChI is InChI=1S/C19H30N2O6/c22-15-6-3-13(4-7-15)5-8-17(23)20-16(19(26)27)9-11-21-10-1-2-14(12-21)18(24)25/h5,8,13-16,22H,1-4,6-7,9-12H2,(H,20,23)(H,24,25)(H,26,27)/p-1/t13?,14?,15?,16-/m0/s1. The van der Waals surface area contributed by atoms with Crippen molar-refractivity contribution < 1.29 is 34.6 Å². The molecule has 0 aromatic carbocycles. The largest absolute Gasteiger partial charge is 0.550 e. The zero-order chi connectivity index (χ0) is 19.8. The van der Waals surface area contributed by atoms with Crippen molar-refractivity contribution in [1.82, 2.24) is 5.32 Å². The summed E-state index contributed by atoms with van der Waals surface area (Å²) in [7, 11) is 0. The van der Waals surface area contributed by atoms with Crippen molar-refractivity contribution in [2.45, 2.75) is 57.1 Å². The van der Waals surface area contributed by atoms with Gasteiger partial charge in [0.15, 0.2) is 0 Å². The van der Waals surface area contributed by atoms with E-state index < -0.39 is 29.8 Å². The molecule has 1 saturated heterocycles. The fraction of sp³-hybridized carbons (Fsp3) is 0.737. The van der Waals surface area contributed by atoms with Gasteiger partial charge in [-0.2, -0.15) is 0 Å². The summed E-state index contributed by atoms with van der Waals surface area (Å²) >= 11 is 0. The molecule has 1 amide bonds. The smallest absolute Gasteiger partial charge is 0.244 e. The number of piperidine rings is 1. The van der Waals surface area contributed by atoms with E-state index in [9.17, 15) is 29.7 Å². The summed E-state index contributed by atoms with van der Waals surface area (Å²) in [5, 5.41) is 34.3. The Labute approximate surface area is 159 Å². The molecule has 2 rings (SSSR count). The van der Waals surface area contributed by atoms with Crippen molar-refractivity contribution in [1.29, 1.82) is 0 Å². The van der Waals surface area contributed by atoms with Crippen LogP contribution in [0.1, 0.15) is 44.9 Å². The van der Waals surface area contributed by atoms with Gasteiger partial charge in [0.2, 0.25) is 5.91 Å². The van der Waals surface area contributed by atoms with Gasteiger partial charge in [0.1, 0.15) is 0 Å². The first-order valence-corrected chi connectivity index (χ1v) is 9.77. The van der Waals surface area contributed by atoms with Crippen LogP contribution in [0.25, 0.3) is 0 Å². The van der Waals surface area contributed by atoms with Gasteiger partial charge in [0.05, 0.1) is 43.7 Å². The van der Waals surface area contributed by atoms with Crippen molar-refractivity contribution in [2.24, 2.45) is 11.8 Å². The van der Waals surface area contributed by atoms with Gasteiger partial charge in [-0.1, -0.05) is 6.08 Å². The molecular weight excluding hydrogens is 352 g/mol. The van der Waals surface area contributed by atoms with Crippen molar-refractivity contribution >= 4 is 17.8 Å². The van der Waals surface area contributed by atoms with E-state index in [1.165, 1.54) is 6.08 Å². The van der Waals surface area contributed by atoms with Gasteiger partial charge in [-0.15, -0.1) is 0 Å². The number of rotatable bonds is 8. The molecule has 0 spiro atoms. The Bertz CT molecular complexity index is 556. The molecule has 0 bridgehead atoms. The number of carboxylic acids is 2. The summed E-state index contributed by atoms with van der Waals surface area (Å²) in [6, 6.07) is -1.11. The normalized spacial score (nSPS) is 30.0. The third kappa shape index (κ3) is 7.30. The maximum atomic E-state index is 12.0. The van der Waals surface area contributed by atoms with E-state index >= 15 is 0 Å². The highest BCUT2D eigenvalue weighted by Gasteiger charge is 2.25. The van der Waals surface area contributed by atoms with Gasteiger partial charge in [-0.25, -0.2) is 0 Å². The van der Waals surface area contributed by atoms with E-state index in [1.807, 2.05) is 0 Å². The summed E-state index contributed by atoms with van der Waals surface area (Å²) in [6.45, 7) is 1.65. The Morgan fingerprint density at radius 2 is 1.85 bits per heavy atom. The van der Waals surface area contributed by atoms with Crippen LogP contribution in [0.2, 0.25) is 0 Å². The van der Waals surface area contributed by atoms with Crippen LogP contribution < -0.4 is 20.4 Å². The highest BCUT2D eigenvalue weighted by molar-refractivity contribution is 5.90. The van der Waals surface area contributed by atoms with Crippen LogP contribution in [-0.4, -0.2) is 54.7 Å². The first-order valence-electron chi connectivity index (χ1n) is 9.77. The number of aliphatic hydroxyl groups excluding tert-OH is 1. The van der Waals surface area contributed by atoms with Crippen LogP contribution >= 0.6 is 0 Å². The summed E-state index contributed by atoms with van der Waals surface area (Å²) < 4.78 is 0. The number of nitrogens with one attached hydrogen (secondary N) is 2. The van der Waals surface area contributed by atoms with E-state index in [1.54, 1.807) is 6.08 Å². The van der Waals surface area contributed by atoms with Crippen molar-refractivity contribution in [3.8, 4) is 0 Å². The molecule has 1 heterocycles. The fourth-order valence-corrected chi connectivity index (χ4v) is 3.91.